The third-order valence-corrected chi connectivity index (χ3v) is 11.0. The van der Waals surface area contributed by atoms with Crippen LogP contribution in [0.2, 0.25) is 0 Å². The molecule has 0 bridgehead atoms. The standard InChI is InChI=1S/C45H80O12S/c1-3-5-7-9-11-13-15-17-18-19-20-22-23-25-27-29-31-33-40(46)54-35-38(36-55-45-44(50)43(49)42(48)39(57-45)37-58(51,52)53)56-41(47)34-32-30-28-26-24-21-16-14-12-10-8-6-4-2/h6,8,10,12,14,16,38-39,42-45,48-50H,3-5,7,9,11,13,15,17-37H2,1-2H3,(H,51,52,53)/b8-6+,12-10+,16-14+/t38?,39-,42-,43?,44?,45+/m1/s1. The number of allylic oxidation sites excluding steroid dienone is 6. The highest BCUT2D eigenvalue weighted by Crippen LogP contribution is 2.24. The fraction of sp³-hybridized carbons (Fsp3) is 0.822. The number of rotatable bonds is 37. The number of ether oxygens (including phenoxy) is 4. The Hall–Kier alpha value is -2.13. The molecule has 0 aromatic carbocycles. The number of hydrogen-bond donors (Lipinski definition) is 4. The maximum atomic E-state index is 12.8. The van der Waals surface area contributed by atoms with Crippen LogP contribution in [0.3, 0.4) is 0 Å². The van der Waals surface area contributed by atoms with Crippen molar-refractivity contribution >= 4 is 22.1 Å². The van der Waals surface area contributed by atoms with Gasteiger partial charge in [-0.25, -0.2) is 0 Å². The Kier molecular flexibility index (Phi) is 33.1. The van der Waals surface area contributed by atoms with Gasteiger partial charge in [0.2, 0.25) is 0 Å². The van der Waals surface area contributed by atoms with E-state index in [1.807, 2.05) is 24.3 Å². The molecule has 0 aliphatic carbocycles. The van der Waals surface area contributed by atoms with Gasteiger partial charge in [0.25, 0.3) is 10.1 Å². The fourth-order valence-corrected chi connectivity index (χ4v) is 7.49. The van der Waals surface area contributed by atoms with Crippen LogP contribution in [0.15, 0.2) is 36.5 Å². The molecule has 0 aromatic rings. The van der Waals surface area contributed by atoms with Gasteiger partial charge in [0, 0.05) is 12.8 Å². The minimum atomic E-state index is -4.60. The summed E-state index contributed by atoms with van der Waals surface area (Å²) in [7, 11) is -4.60. The molecule has 1 heterocycles. The van der Waals surface area contributed by atoms with Crippen molar-refractivity contribution in [2.24, 2.45) is 0 Å². The Morgan fingerprint density at radius 2 is 1.09 bits per heavy atom. The molecule has 4 N–H and O–H groups in total. The minimum Gasteiger partial charge on any atom is -0.462 e. The molecule has 1 fully saturated rings. The zero-order valence-corrected chi connectivity index (χ0v) is 36.7. The van der Waals surface area contributed by atoms with E-state index in [2.05, 4.69) is 26.0 Å². The average molecular weight is 845 g/mol. The molecule has 0 spiro atoms. The van der Waals surface area contributed by atoms with Crippen molar-refractivity contribution in [1.82, 2.24) is 0 Å². The zero-order valence-electron chi connectivity index (χ0n) is 35.9. The van der Waals surface area contributed by atoms with Gasteiger partial charge in [0.1, 0.15) is 36.8 Å². The summed E-state index contributed by atoms with van der Waals surface area (Å²) in [5.41, 5.74) is 0. The summed E-state index contributed by atoms with van der Waals surface area (Å²) in [4.78, 5) is 25.4. The first-order valence-corrected chi connectivity index (χ1v) is 24.2. The fourth-order valence-electron chi connectivity index (χ4n) is 6.79. The van der Waals surface area contributed by atoms with Crippen LogP contribution in [0.5, 0.6) is 0 Å². The maximum Gasteiger partial charge on any atom is 0.306 e. The van der Waals surface area contributed by atoms with Crippen LogP contribution in [0.1, 0.15) is 181 Å². The Morgan fingerprint density at radius 3 is 1.60 bits per heavy atom. The van der Waals surface area contributed by atoms with Gasteiger partial charge in [-0.15, -0.1) is 0 Å². The Morgan fingerprint density at radius 1 is 0.603 bits per heavy atom. The van der Waals surface area contributed by atoms with Gasteiger partial charge in [-0.2, -0.15) is 8.42 Å². The van der Waals surface area contributed by atoms with Crippen LogP contribution in [0.4, 0.5) is 0 Å². The second-order valence-corrected chi connectivity index (χ2v) is 17.3. The molecule has 6 atom stereocenters. The van der Waals surface area contributed by atoms with Crippen molar-refractivity contribution in [3.63, 3.8) is 0 Å². The molecular formula is C45H80O12S. The number of aliphatic hydroxyl groups excluding tert-OH is 3. The second kappa shape index (κ2) is 35.6. The topological polar surface area (TPSA) is 186 Å². The van der Waals surface area contributed by atoms with Gasteiger partial charge in [-0.1, -0.05) is 172 Å². The number of carbonyl (C=O) groups excluding carboxylic acids is 2. The molecule has 0 radical (unpaired) electrons. The summed E-state index contributed by atoms with van der Waals surface area (Å²) in [6.45, 7) is 3.61. The smallest absolute Gasteiger partial charge is 0.306 e. The van der Waals surface area contributed by atoms with Crippen molar-refractivity contribution in [2.45, 2.75) is 218 Å². The van der Waals surface area contributed by atoms with Crippen LogP contribution < -0.4 is 0 Å². The van der Waals surface area contributed by atoms with Gasteiger partial charge in [-0.05, 0) is 32.1 Å². The lowest BCUT2D eigenvalue weighted by molar-refractivity contribution is -0.297. The molecule has 1 saturated heterocycles. The lowest BCUT2D eigenvalue weighted by Gasteiger charge is -2.40. The molecule has 0 aromatic heterocycles. The quantitative estimate of drug-likeness (QED) is 0.0202. The number of aliphatic hydroxyl groups is 3. The van der Waals surface area contributed by atoms with Crippen LogP contribution in [0.25, 0.3) is 0 Å². The van der Waals surface area contributed by atoms with E-state index < -0.39 is 71.2 Å². The summed E-state index contributed by atoms with van der Waals surface area (Å²) >= 11 is 0. The molecular weight excluding hydrogens is 765 g/mol. The summed E-state index contributed by atoms with van der Waals surface area (Å²) < 4.78 is 54.0. The van der Waals surface area contributed by atoms with Gasteiger partial charge in [0.15, 0.2) is 12.4 Å². The van der Waals surface area contributed by atoms with Crippen molar-refractivity contribution in [3.8, 4) is 0 Å². The molecule has 12 nitrogen and oxygen atoms in total. The third kappa shape index (κ3) is 30.0. The molecule has 1 aliphatic heterocycles. The van der Waals surface area contributed by atoms with E-state index in [1.165, 1.54) is 83.5 Å². The van der Waals surface area contributed by atoms with Crippen molar-refractivity contribution in [1.29, 1.82) is 0 Å². The number of unbranched alkanes of at least 4 members (excludes halogenated alkanes) is 21. The highest BCUT2D eigenvalue weighted by atomic mass is 32.2. The van der Waals surface area contributed by atoms with E-state index in [1.54, 1.807) is 0 Å². The lowest BCUT2D eigenvalue weighted by atomic mass is 10.00. The molecule has 0 amide bonds. The van der Waals surface area contributed by atoms with Crippen molar-refractivity contribution in [2.75, 3.05) is 19.0 Å². The van der Waals surface area contributed by atoms with Crippen LogP contribution in [0, 0.1) is 0 Å². The van der Waals surface area contributed by atoms with E-state index in [-0.39, 0.29) is 19.4 Å². The molecule has 58 heavy (non-hydrogen) atoms. The number of hydrogen-bond acceptors (Lipinski definition) is 11. The second-order valence-electron chi connectivity index (χ2n) is 15.8. The summed E-state index contributed by atoms with van der Waals surface area (Å²) in [5, 5.41) is 30.9. The first kappa shape index (κ1) is 53.9. The molecule has 1 aliphatic rings. The monoisotopic (exact) mass is 845 g/mol. The summed E-state index contributed by atoms with van der Waals surface area (Å²) in [5.74, 6) is -2.01. The first-order valence-electron chi connectivity index (χ1n) is 22.6. The minimum absolute atomic E-state index is 0.142. The highest BCUT2D eigenvalue weighted by Gasteiger charge is 2.46. The van der Waals surface area contributed by atoms with E-state index in [9.17, 15) is 37.9 Å². The van der Waals surface area contributed by atoms with Crippen LogP contribution in [-0.4, -0.2) is 96.0 Å². The molecule has 338 valence electrons. The van der Waals surface area contributed by atoms with Gasteiger partial charge in [0.05, 0.1) is 6.61 Å². The first-order chi connectivity index (χ1) is 28.0. The lowest BCUT2D eigenvalue weighted by Crippen LogP contribution is -2.60. The Bertz CT molecular complexity index is 1220. The summed E-state index contributed by atoms with van der Waals surface area (Å²) in [6, 6.07) is 0. The summed E-state index contributed by atoms with van der Waals surface area (Å²) in [6.07, 6.45) is 30.5. The van der Waals surface area contributed by atoms with Gasteiger partial charge < -0.3 is 34.3 Å². The molecule has 0 saturated carbocycles. The van der Waals surface area contributed by atoms with Gasteiger partial charge in [-0.3, -0.25) is 14.1 Å². The van der Waals surface area contributed by atoms with E-state index >= 15 is 0 Å². The van der Waals surface area contributed by atoms with E-state index in [4.69, 9.17) is 18.9 Å². The Balaban J connectivity index is 2.43. The SMILES string of the molecule is CC/C=C/C=C/C=C/CCCCCCCC(=O)OC(COC(=O)CCCCCCCCCCCCCCCCCCC)CO[C@H]1O[C@H](CS(=O)(=O)O)[C@@H](O)C(O)C1O. The van der Waals surface area contributed by atoms with Gasteiger partial charge >= 0.3 is 11.9 Å². The maximum absolute atomic E-state index is 12.8. The predicted molar refractivity (Wildman–Crippen MR) is 229 cm³/mol. The molecule has 3 unspecified atom stereocenters. The van der Waals surface area contributed by atoms with Crippen LogP contribution >= 0.6 is 0 Å². The van der Waals surface area contributed by atoms with Crippen LogP contribution in [-0.2, 0) is 38.7 Å². The van der Waals surface area contributed by atoms with E-state index in [0.717, 1.165) is 57.8 Å². The van der Waals surface area contributed by atoms with E-state index in [0.29, 0.717) is 12.8 Å². The molecule has 13 heteroatoms. The van der Waals surface area contributed by atoms with Crippen molar-refractivity contribution < 1.29 is 56.8 Å². The third-order valence-electron chi connectivity index (χ3n) is 10.3. The Labute approximate surface area is 351 Å². The number of carbonyl (C=O) groups is 2. The normalized spacial score (nSPS) is 20.7. The van der Waals surface area contributed by atoms with Crippen molar-refractivity contribution in [3.05, 3.63) is 36.5 Å². The number of esters is 2. The zero-order chi connectivity index (χ0) is 42.7. The molecule has 1 rings (SSSR count). The predicted octanol–water partition coefficient (Wildman–Crippen LogP) is 9.00. The average Bonchev–Trinajstić information content (AvgIpc) is 3.18. The largest absolute Gasteiger partial charge is 0.462 e. The highest BCUT2D eigenvalue weighted by molar-refractivity contribution is 7.85.